The second-order valence-corrected chi connectivity index (χ2v) is 10.6. The van der Waals surface area contributed by atoms with Gasteiger partial charge in [-0.3, -0.25) is 14.9 Å². The van der Waals surface area contributed by atoms with Gasteiger partial charge in [-0.1, -0.05) is 0 Å². The lowest BCUT2D eigenvalue weighted by molar-refractivity contribution is -0.385. The second-order valence-electron chi connectivity index (χ2n) is 8.89. The summed E-state index contributed by atoms with van der Waals surface area (Å²) in [5.41, 5.74) is 0.109. The normalized spacial score (nSPS) is 11.4. The molecule has 2 N–H and O–H groups in total. The minimum absolute atomic E-state index is 0.106. The highest BCUT2D eigenvalue weighted by molar-refractivity contribution is 7.89. The zero-order valence-electron chi connectivity index (χ0n) is 21.4. The standard InChI is InChI=1S/C26H23F2N5O6S/c1-15(2)31-40(37,38)23-14-21(33(35)36)12-13-22(23)39-26-16(3)24(25(34)29-19-8-4-17(27)5-9-19)30-32(26)20-10-6-18(28)7-11-20/h4-15,31H,1-3H3,(H,29,34). The van der Waals surface area contributed by atoms with E-state index < -0.39 is 49.1 Å². The van der Waals surface area contributed by atoms with E-state index >= 15 is 0 Å². The van der Waals surface area contributed by atoms with Crippen molar-refractivity contribution in [3.05, 3.63) is 99.7 Å². The number of rotatable bonds is 9. The van der Waals surface area contributed by atoms with E-state index in [0.29, 0.717) is 0 Å². The maximum absolute atomic E-state index is 13.6. The highest BCUT2D eigenvalue weighted by Crippen LogP contribution is 2.36. The number of carbonyl (C=O) groups excluding carboxylic acids is 1. The number of aromatic nitrogens is 2. The Hall–Kier alpha value is -4.69. The average Bonchev–Trinajstić information content (AvgIpc) is 3.21. The highest BCUT2D eigenvalue weighted by Gasteiger charge is 2.28. The molecule has 11 nitrogen and oxygen atoms in total. The highest BCUT2D eigenvalue weighted by atomic mass is 32.2. The molecule has 208 valence electrons. The van der Waals surface area contributed by atoms with Crippen LogP contribution in [0.1, 0.15) is 29.9 Å². The van der Waals surface area contributed by atoms with E-state index in [0.717, 1.165) is 42.5 Å². The summed E-state index contributed by atoms with van der Waals surface area (Å²) < 4.78 is 62.6. The van der Waals surface area contributed by atoms with Gasteiger partial charge in [-0.2, -0.15) is 9.78 Å². The molecule has 0 fully saturated rings. The molecule has 0 spiro atoms. The maximum atomic E-state index is 13.6. The summed E-state index contributed by atoms with van der Waals surface area (Å²) in [7, 11) is -4.28. The van der Waals surface area contributed by atoms with Crippen molar-refractivity contribution in [3.8, 4) is 17.3 Å². The average molecular weight is 572 g/mol. The fourth-order valence-corrected chi connectivity index (χ4v) is 5.08. The predicted molar refractivity (Wildman–Crippen MR) is 141 cm³/mol. The molecule has 0 saturated carbocycles. The summed E-state index contributed by atoms with van der Waals surface area (Å²) in [6.07, 6.45) is 0. The zero-order valence-corrected chi connectivity index (χ0v) is 22.2. The summed E-state index contributed by atoms with van der Waals surface area (Å²) in [4.78, 5) is 23.2. The number of amides is 1. The van der Waals surface area contributed by atoms with E-state index in [1.165, 1.54) is 35.9 Å². The van der Waals surface area contributed by atoms with Crippen molar-refractivity contribution in [1.82, 2.24) is 14.5 Å². The third kappa shape index (κ3) is 6.13. The van der Waals surface area contributed by atoms with Gasteiger partial charge in [0.1, 0.15) is 22.3 Å². The van der Waals surface area contributed by atoms with Gasteiger partial charge in [-0.05, 0) is 75.4 Å². The van der Waals surface area contributed by atoms with Crippen LogP contribution in [0.15, 0.2) is 71.6 Å². The van der Waals surface area contributed by atoms with Crippen LogP contribution in [0, 0.1) is 28.7 Å². The molecule has 4 aromatic rings. The Morgan fingerprint density at radius 1 is 1.02 bits per heavy atom. The minimum atomic E-state index is -4.28. The number of anilines is 1. The topological polar surface area (TPSA) is 145 Å². The van der Waals surface area contributed by atoms with E-state index in [4.69, 9.17) is 4.74 Å². The molecule has 0 aliphatic carbocycles. The number of non-ortho nitro benzene ring substituents is 1. The van der Waals surface area contributed by atoms with E-state index in [9.17, 15) is 32.1 Å². The van der Waals surface area contributed by atoms with Crippen LogP contribution in [0.3, 0.4) is 0 Å². The quantitative estimate of drug-likeness (QED) is 0.210. The molecule has 40 heavy (non-hydrogen) atoms. The number of halogens is 2. The van der Waals surface area contributed by atoms with Crippen molar-refractivity contribution in [2.45, 2.75) is 31.7 Å². The first-order valence-corrected chi connectivity index (χ1v) is 13.2. The number of hydrogen-bond acceptors (Lipinski definition) is 7. The third-order valence-corrected chi connectivity index (χ3v) is 7.16. The van der Waals surface area contributed by atoms with Crippen LogP contribution < -0.4 is 14.8 Å². The Morgan fingerprint density at radius 3 is 2.20 bits per heavy atom. The third-order valence-electron chi connectivity index (χ3n) is 5.48. The lowest BCUT2D eigenvalue weighted by Crippen LogP contribution is -2.30. The second kappa shape index (κ2) is 11.2. The van der Waals surface area contributed by atoms with Gasteiger partial charge >= 0.3 is 0 Å². The van der Waals surface area contributed by atoms with Gasteiger partial charge in [-0.15, -0.1) is 0 Å². The van der Waals surface area contributed by atoms with Gasteiger partial charge < -0.3 is 10.1 Å². The molecule has 0 saturated heterocycles. The predicted octanol–water partition coefficient (Wildman–Crippen LogP) is 5.10. The largest absolute Gasteiger partial charge is 0.437 e. The lowest BCUT2D eigenvalue weighted by Gasteiger charge is -2.15. The van der Waals surface area contributed by atoms with Gasteiger partial charge in [0.05, 0.1) is 10.6 Å². The number of benzene rings is 3. The Balaban J connectivity index is 1.84. The number of nitro benzene ring substituents is 1. The van der Waals surface area contributed by atoms with E-state index in [1.54, 1.807) is 13.8 Å². The molecule has 0 bridgehead atoms. The first-order valence-electron chi connectivity index (χ1n) is 11.8. The number of ether oxygens (including phenoxy) is 1. The van der Waals surface area contributed by atoms with Gasteiger partial charge in [0, 0.05) is 29.4 Å². The monoisotopic (exact) mass is 571 g/mol. The molecule has 4 rings (SSSR count). The molecule has 0 atom stereocenters. The van der Waals surface area contributed by atoms with Gasteiger partial charge in [-0.25, -0.2) is 21.9 Å². The fourth-order valence-electron chi connectivity index (χ4n) is 3.68. The Morgan fingerprint density at radius 2 is 1.62 bits per heavy atom. The molecule has 14 heteroatoms. The molecule has 0 unspecified atom stereocenters. The van der Waals surface area contributed by atoms with Crippen LogP contribution >= 0.6 is 0 Å². The van der Waals surface area contributed by atoms with Crippen molar-refractivity contribution >= 4 is 27.3 Å². The Bertz CT molecular complexity index is 1690. The number of nitrogens with zero attached hydrogens (tertiary/aromatic N) is 3. The van der Waals surface area contributed by atoms with Gasteiger partial charge in [0.15, 0.2) is 5.69 Å². The molecule has 0 aliphatic heterocycles. The molecule has 1 amide bonds. The molecule has 0 radical (unpaired) electrons. The number of hydrogen-bond donors (Lipinski definition) is 2. The molecule has 1 heterocycles. The molecule has 3 aromatic carbocycles. The first-order chi connectivity index (χ1) is 18.9. The number of carbonyl (C=O) groups is 1. The summed E-state index contributed by atoms with van der Waals surface area (Å²) in [6, 6.07) is 12.6. The summed E-state index contributed by atoms with van der Waals surface area (Å²) in [6.45, 7) is 4.65. The van der Waals surface area contributed by atoms with Crippen LogP contribution in [-0.4, -0.2) is 35.1 Å². The summed E-state index contributed by atoms with van der Waals surface area (Å²) in [5, 5.41) is 18.3. The molecular formula is C26H23F2N5O6S. The van der Waals surface area contributed by atoms with Crippen molar-refractivity contribution in [2.24, 2.45) is 0 Å². The Kier molecular flexibility index (Phi) is 7.93. The maximum Gasteiger partial charge on any atom is 0.276 e. The SMILES string of the molecule is Cc1c(C(=O)Nc2ccc(F)cc2)nn(-c2ccc(F)cc2)c1Oc1ccc([N+](=O)[O-])cc1S(=O)(=O)NC(C)C. The van der Waals surface area contributed by atoms with Crippen LogP contribution in [-0.2, 0) is 10.0 Å². The molecule has 0 aliphatic rings. The van der Waals surface area contributed by atoms with E-state index in [1.807, 2.05) is 0 Å². The summed E-state index contributed by atoms with van der Waals surface area (Å²) in [5.74, 6) is -2.10. The summed E-state index contributed by atoms with van der Waals surface area (Å²) >= 11 is 0. The van der Waals surface area contributed by atoms with Crippen molar-refractivity contribution in [3.63, 3.8) is 0 Å². The Labute approximate surface area is 227 Å². The van der Waals surface area contributed by atoms with E-state index in [2.05, 4.69) is 15.1 Å². The van der Waals surface area contributed by atoms with Crippen LogP contribution in [0.5, 0.6) is 11.6 Å². The van der Waals surface area contributed by atoms with Gasteiger partial charge in [0.25, 0.3) is 11.6 Å². The van der Waals surface area contributed by atoms with Crippen molar-refractivity contribution < 1.29 is 31.7 Å². The lowest BCUT2D eigenvalue weighted by atomic mass is 10.2. The molecule has 1 aromatic heterocycles. The number of nitro groups is 1. The van der Waals surface area contributed by atoms with E-state index in [-0.39, 0.29) is 34.3 Å². The van der Waals surface area contributed by atoms with Gasteiger partial charge in [0.2, 0.25) is 15.9 Å². The van der Waals surface area contributed by atoms with Crippen LogP contribution in [0.2, 0.25) is 0 Å². The zero-order chi connectivity index (χ0) is 29.2. The van der Waals surface area contributed by atoms with Crippen LogP contribution in [0.4, 0.5) is 20.2 Å². The molecular weight excluding hydrogens is 548 g/mol. The van der Waals surface area contributed by atoms with Crippen molar-refractivity contribution in [2.75, 3.05) is 5.32 Å². The van der Waals surface area contributed by atoms with Crippen molar-refractivity contribution in [1.29, 1.82) is 0 Å². The smallest absolute Gasteiger partial charge is 0.276 e. The minimum Gasteiger partial charge on any atom is -0.437 e. The number of nitrogens with one attached hydrogen (secondary N) is 2. The number of sulfonamides is 1. The van der Waals surface area contributed by atoms with Crippen LogP contribution in [0.25, 0.3) is 5.69 Å². The fraction of sp³-hybridized carbons (Fsp3) is 0.154. The first kappa shape index (κ1) is 28.3.